The number of carbonyl (C=O) groups is 1. The van der Waals surface area contributed by atoms with Crippen LogP contribution in [-0.4, -0.2) is 98.5 Å². The molecule has 3 saturated heterocycles. The minimum absolute atomic E-state index is 0.000595. The van der Waals surface area contributed by atoms with Crippen LogP contribution in [0.15, 0.2) is 28.7 Å². The number of fused-ring (bicyclic) bond motifs is 8. The van der Waals surface area contributed by atoms with Crippen molar-refractivity contribution in [3.05, 3.63) is 45.4 Å². The van der Waals surface area contributed by atoms with E-state index >= 15 is 0 Å². The zero-order valence-electron chi connectivity index (χ0n) is 23.6. The van der Waals surface area contributed by atoms with Crippen molar-refractivity contribution in [2.24, 2.45) is 0 Å². The van der Waals surface area contributed by atoms with E-state index < -0.39 is 29.5 Å². The number of nitriles is 1. The Balaban J connectivity index is 1.60. The number of rotatable bonds is 6. The lowest BCUT2D eigenvalue weighted by Crippen LogP contribution is -2.74. The Labute approximate surface area is 228 Å². The number of nitrogens with zero attached hydrogens (tertiary/aromatic N) is 3. The van der Waals surface area contributed by atoms with Crippen LogP contribution in [0.1, 0.15) is 36.1 Å². The normalized spacial score (nSPS) is 33.7. The molecule has 6 rings (SSSR count). The number of aryl methyl sites for hydroxylation is 1. The number of Topliss-reactive ketones (excluding diaryl/α,β-unsaturated/α-hetero) is 1. The van der Waals surface area contributed by atoms with Crippen molar-refractivity contribution in [3.8, 4) is 17.6 Å². The molecule has 0 radical (unpaired) electrons. The Morgan fingerprint density at radius 3 is 2.72 bits per heavy atom. The minimum Gasteiger partial charge on any atom is -0.493 e. The number of aliphatic hydroxyl groups is 2. The van der Waals surface area contributed by atoms with E-state index in [1.165, 1.54) is 0 Å². The van der Waals surface area contributed by atoms with Gasteiger partial charge in [-0.05, 0) is 38.4 Å². The SMILES string of the molecule is [3H]OC[C@H]1C2=C3OCOC3=C(C)C(=O)C2(O)CC2[C@H]3c4c(cc(C)c(OC)c4OCOC)C[C@@H]([C@H](C#N)N21)N3C. The molecule has 11 heteroatoms. The summed E-state index contributed by atoms with van der Waals surface area (Å²) in [5.74, 6) is 1.22. The predicted octanol–water partition coefficient (Wildman–Crippen LogP) is 1.07. The van der Waals surface area contributed by atoms with E-state index in [2.05, 4.69) is 17.0 Å². The Hall–Kier alpha value is -3.14. The maximum atomic E-state index is 13.8. The summed E-state index contributed by atoms with van der Waals surface area (Å²) in [6, 6.07) is 2.01. The number of likely N-dealkylation sites (N-methyl/N-ethyl adjacent to an activating group) is 1. The van der Waals surface area contributed by atoms with E-state index in [9.17, 15) is 15.2 Å². The van der Waals surface area contributed by atoms with Crippen LogP contribution in [0.4, 0.5) is 0 Å². The van der Waals surface area contributed by atoms with Crippen LogP contribution < -0.4 is 9.47 Å². The van der Waals surface area contributed by atoms with Gasteiger partial charge in [-0.3, -0.25) is 14.6 Å². The van der Waals surface area contributed by atoms with Crippen molar-refractivity contribution < 1.29 is 38.7 Å². The highest BCUT2D eigenvalue weighted by molar-refractivity contribution is 6.06. The highest BCUT2D eigenvalue weighted by Gasteiger charge is 2.64. The maximum Gasteiger partial charge on any atom is 0.231 e. The molecule has 4 aliphatic heterocycles. The molecule has 6 atom stereocenters. The molecular weight excluding hydrogens is 506 g/mol. The first-order valence-electron chi connectivity index (χ1n) is 13.4. The number of aliphatic hydroxyl groups excluding tert-OH is 1. The van der Waals surface area contributed by atoms with Gasteiger partial charge in [0.15, 0.2) is 41.2 Å². The second-order valence-corrected chi connectivity index (χ2v) is 10.8. The second kappa shape index (κ2) is 9.21. The standard InChI is InChI=1S/C28H33N3O8/c1-13-6-15-7-16-18(9-29)31-17(22(30(16)3)20(15)25(23(13)36-5)37-11-35-4)8-28(34)21(19(31)10-32)26-24(38-12-39-26)14(2)27(28)33/h6,16-19,22,32,34H,7-8,10-12H2,1-5H3/t16-,17?,18-,19-,22-,28?/m0/s1/i32T. The topological polar surface area (TPSA) is 134 Å². The van der Waals surface area contributed by atoms with Crippen molar-refractivity contribution in [2.45, 2.75) is 62.5 Å². The van der Waals surface area contributed by atoms with E-state index in [0.29, 0.717) is 35.0 Å². The smallest absolute Gasteiger partial charge is 0.231 e. The number of hydrogen-bond donors (Lipinski definition) is 2. The summed E-state index contributed by atoms with van der Waals surface area (Å²) < 4.78 is 36.3. The molecule has 2 N–H and O–H groups in total. The fraction of sp³-hybridized carbons (Fsp3) is 0.571. The van der Waals surface area contributed by atoms with Crippen molar-refractivity contribution in [1.29, 1.82) is 6.69 Å². The van der Waals surface area contributed by atoms with E-state index in [0.717, 1.165) is 16.7 Å². The summed E-state index contributed by atoms with van der Waals surface area (Å²) in [7, 11) is 5.09. The van der Waals surface area contributed by atoms with Gasteiger partial charge in [-0.2, -0.15) is 5.26 Å². The maximum absolute atomic E-state index is 13.8. The van der Waals surface area contributed by atoms with Crippen LogP contribution >= 0.6 is 0 Å². The number of ether oxygens (including phenoxy) is 5. The summed E-state index contributed by atoms with van der Waals surface area (Å²) in [5, 5.41) is 27.8. The van der Waals surface area contributed by atoms with Crippen LogP contribution in [0.3, 0.4) is 0 Å². The van der Waals surface area contributed by atoms with E-state index in [-0.39, 0.29) is 44.3 Å². The average molecular weight is 542 g/mol. The zero-order chi connectivity index (χ0) is 28.5. The van der Waals surface area contributed by atoms with Crippen LogP contribution in [0.5, 0.6) is 11.5 Å². The molecule has 1 aromatic carbocycles. The molecule has 0 saturated carbocycles. The molecule has 4 heterocycles. The average Bonchev–Trinajstić information content (AvgIpc) is 3.41. The highest BCUT2D eigenvalue weighted by atomic mass is 16.7. The summed E-state index contributed by atoms with van der Waals surface area (Å²) in [5.41, 5.74) is 1.41. The van der Waals surface area contributed by atoms with E-state index in [4.69, 9.17) is 30.2 Å². The predicted molar refractivity (Wildman–Crippen MR) is 135 cm³/mol. The molecule has 0 aromatic heterocycles. The van der Waals surface area contributed by atoms with Gasteiger partial charge in [0.2, 0.25) is 8.22 Å². The summed E-state index contributed by atoms with van der Waals surface area (Å²) >= 11 is 0. The van der Waals surface area contributed by atoms with Crippen LogP contribution in [0.2, 0.25) is 0 Å². The first kappa shape index (κ1) is 24.9. The number of ketones is 1. The number of piperidine rings is 1. The lowest BCUT2D eigenvalue weighted by Gasteiger charge is -2.62. The molecule has 0 amide bonds. The Bertz CT molecular complexity index is 1370. The fourth-order valence-corrected chi connectivity index (χ4v) is 7.53. The quantitative estimate of drug-likeness (QED) is 0.501. The summed E-state index contributed by atoms with van der Waals surface area (Å²) in [4.78, 5) is 18.0. The third kappa shape index (κ3) is 3.36. The van der Waals surface area contributed by atoms with Crippen LogP contribution in [-0.2, 0) is 25.4 Å². The molecule has 3 fully saturated rings. The van der Waals surface area contributed by atoms with Crippen molar-refractivity contribution >= 4 is 5.78 Å². The van der Waals surface area contributed by atoms with Gasteiger partial charge in [0.05, 0.1) is 31.9 Å². The molecule has 5 aliphatic rings. The lowest BCUT2D eigenvalue weighted by molar-refractivity contribution is -0.150. The Kier molecular flexibility index (Phi) is 5.88. The third-order valence-corrected chi connectivity index (χ3v) is 9.04. The molecule has 2 unspecified atom stereocenters. The molecular formula is C28H33N3O8. The summed E-state index contributed by atoms with van der Waals surface area (Å²) in [6.45, 7) is 3.29. The third-order valence-electron chi connectivity index (χ3n) is 9.04. The monoisotopic (exact) mass is 541 g/mol. The second-order valence-electron chi connectivity index (χ2n) is 10.8. The van der Waals surface area contributed by atoms with Crippen molar-refractivity contribution in [2.75, 3.05) is 41.5 Å². The number of methoxy groups -OCH3 is 2. The molecule has 1 aliphatic carbocycles. The van der Waals surface area contributed by atoms with Crippen LogP contribution in [0.25, 0.3) is 0 Å². The number of carbonyl (C=O) groups excluding carboxylic acids is 1. The van der Waals surface area contributed by atoms with Crippen molar-refractivity contribution in [3.63, 3.8) is 0 Å². The number of benzene rings is 1. The van der Waals surface area contributed by atoms with Gasteiger partial charge in [0.1, 0.15) is 6.04 Å². The number of piperazine rings is 1. The van der Waals surface area contributed by atoms with Gasteiger partial charge >= 0.3 is 0 Å². The Morgan fingerprint density at radius 1 is 1.26 bits per heavy atom. The summed E-state index contributed by atoms with van der Waals surface area (Å²) in [6.07, 6.45) is 0.553. The molecule has 39 heavy (non-hydrogen) atoms. The number of hydrogen-bond acceptors (Lipinski definition) is 11. The van der Waals surface area contributed by atoms with Gasteiger partial charge in [0.25, 0.3) is 0 Å². The zero-order valence-corrected chi connectivity index (χ0v) is 22.6. The van der Waals surface area contributed by atoms with Gasteiger partial charge in [-0.15, -0.1) is 0 Å². The minimum atomic E-state index is -1.94. The van der Waals surface area contributed by atoms with Crippen molar-refractivity contribution in [1.82, 2.24) is 9.80 Å². The molecule has 11 nitrogen and oxygen atoms in total. The lowest BCUT2D eigenvalue weighted by atomic mass is 9.65. The van der Waals surface area contributed by atoms with Gasteiger partial charge in [0, 0.05) is 42.3 Å². The molecule has 0 spiro atoms. The van der Waals surface area contributed by atoms with E-state index in [1.54, 1.807) is 21.1 Å². The van der Waals surface area contributed by atoms with Gasteiger partial charge in [-0.25, -0.2) is 0 Å². The van der Waals surface area contributed by atoms with Crippen LogP contribution in [0, 0.1) is 18.3 Å². The molecule has 2 bridgehead atoms. The van der Waals surface area contributed by atoms with E-state index in [1.807, 2.05) is 18.9 Å². The van der Waals surface area contributed by atoms with Gasteiger partial charge < -0.3 is 33.9 Å². The van der Waals surface area contributed by atoms with Gasteiger partial charge in [-0.1, -0.05) is 6.07 Å². The Morgan fingerprint density at radius 2 is 2.03 bits per heavy atom. The molecule has 208 valence electrons. The molecule has 1 aromatic rings. The fourth-order valence-electron chi connectivity index (χ4n) is 7.53. The largest absolute Gasteiger partial charge is 0.493 e. The highest BCUT2D eigenvalue weighted by Crippen LogP contribution is 2.56. The first-order chi connectivity index (χ1) is 19.2. The first-order valence-corrected chi connectivity index (χ1v) is 13.0.